The average Bonchev–Trinajstić information content (AvgIpc) is 3.09. The van der Waals surface area contributed by atoms with E-state index in [1.807, 2.05) is 12.1 Å². The number of urea groups is 1. The minimum absolute atomic E-state index is 0.316. The van der Waals surface area contributed by atoms with E-state index in [9.17, 15) is 9.59 Å². The Balaban J connectivity index is 2.04. The molecule has 1 saturated carbocycles. The van der Waals surface area contributed by atoms with Crippen LogP contribution in [-0.4, -0.2) is 35.6 Å². The number of hydrogen-bond acceptors (Lipinski definition) is 3. The number of hydrogen-bond donors (Lipinski definition) is 3. The highest BCUT2D eigenvalue weighted by Gasteiger charge is 2.46. The SMILES string of the molecule is CN(CC(=O)O)C(=O)NC1(c2ccc(N)cc2)CC1. The molecule has 1 aliphatic carbocycles. The molecule has 0 bridgehead atoms. The van der Waals surface area contributed by atoms with Crippen molar-refractivity contribution in [2.45, 2.75) is 18.4 Å². The lowest BCUT2D eigenvalue weighted by atomic mass is 10.0. The van der Waals surface area contributed by atoms with E-state index in [-0.39, 0.29) is 18.1 Å². The minimum atomic E-state index is -1.03. The van der Waals surface area contributed by atoms with Gasteiger partial charge in [0.05, 0.1) is 5.54 Å². The molecule has 1 aromatic rings. The Labute approximate surface area is 111 Å². The summed E-state index contributed by atoms with van der Waals surface area (Å²) in [7, 11) is 1.46. The van der Waals surface area contributed by atoms with Crippen LogP contribution in [-0.2, 0) is 10.3 Å². The predicted molar refractivity (Wildman–Crippen MR) is 70.6 cm³/mol. The van der Waals surface area contributed by atoms with Crippen molar-refractivity contribution >= 4 is 17.7 Å². The Morgan fingerprint density at radius 1 is 1.37 bits per heavy atom. The normalized spacial score (nSPS) is 15.6. The number of nitrogen functional groups attached to an aromatic ring is 1. The monoisotopic (exact) mass is 263 g/mol. The van der Waals surface area contributed by atoms with Gasteiger partial charge in [-0.2, -0.15) is 0 Å². The van der Waals surface area contributed by atoms with Crippen LogP contribution in [0, 0.1) is 0 Å². The Morgan fingerprint density at radius 2 is 1.95 bits per heavy atom. The van der Waals surface area contributed by atoms with E-state index in [1.54, 1.807) is 12.1 Å². The van der Waals surface area contributed by atoms with Gasteiger partial charge in [-0.3, -0.25) is 4.79 Å². The van der Waals surface area contributed by atoms with Gasteiger partial charge in [0.25, 0.3) is 0 Å². The highest BCUT2D eigenvalue weighted by molar-refractivity contribution is 5.80. The molecule has 1 fully saturated rings. The van der Waals surface area contributed by atoms with Crippen LogP contribution in [0.5, 0.6) is 0 Å². The topological polar surface area (TPSA) is 95.7 Å². The maximum Gasteiger partial charge on any atom is 0.323 e. The number of likely N-dealkylation sites (N-methyl/N-ethyl adjacent to an activating group) is 1. The van der Waals surface area contributed by atoms with E-state index < -0.39 is 5.97 Å². The Hall–Kier alpha value is -2.24. The zero-order chi connectivity index (χ0) is 14.0. The zero-order valence-corrected chi connectivity index (χ0v) is 10.7. The summed E-state index contributed by atoms with van der Waals surface area (Å²) in [6.07, 6.45) is 1.70. The molecule has 0 heterocycles. The second kappa shape index (κ2) is 4.79. The maximum atomic E-state index is 11.9. The fourth-order valence-electron chi connectivity index (χ4n) is 1.99. The Morgan fingerprint density at radius 3 is 2.42 bits per heavy atom. The molecule has 4 N–H and O–H groups in total. The molecule has 0 atom stereocenters. The van der Waals surface area contributed by atoms with Gasteiger partial charge in [0.1, 0.15) is 6.54 Å². The van der Waals surface area contributed by atoms with Crippen molar-refractivity contribution in [3.8, 4) is 0 Å². The third kappa shape index (κ3) is 2.96. The van der Waals surface area contributed by atoms with E-state index in [4.69, 9.17) is 10.8 Å². The average molecular weight is 263 g/mol. The lowest BCUT2D eigenvalue weighted by Crippen LogP contribution is -2.44. The molecule has 0 aliphatic heterocycles. The molecule has 0 saturated heterocycles. The van der Waals surface area contributed by atoms with Crippen molar-refractivity contribution in [2.24, 2.45) is 0 Å². The van der Waals surface area contributed by atoms with Crippen molar-refractivity contribution in [3.05, 3.63) is 29.8 Å². The van der Waals surface area contributed by atoms with Gasteiger partial charge in [0, 0.05) is 12.7 Å². The van der Waals surface area contributed by atoms with Crippen molar-refractivity contribution in [3.63, 3.8) is 0 Å². The highest BCUT2D eigenvalue weighted by Crippen LogP contribution is 2.45. The highest BCUT2D eigenvalue weighted by atomic mass is 16.4. The number of carboxylic acids is 1. The van der Waals surface area contributed by atoms with Crippen LogP contribution in [0.3, 0.4) is 0 Å². The van der Waals surface area contributed by atoms with Gasteiger partial charge in [-0.1, -0.05) is 12.1 Å². The van der Waals surface area contributed by atoms with Gasteiger partial charge in [-0.25, -0.2) is 4.79 Å². The molecular formula is C13H17N3O3. The summed E-state index contributed by atoms with van der Waals surface area (Å²) in [5.74, 6) is -1.03. The van der Waals surface area contributed by atoms with E-state index in [1.165, 1.54) is 7.05 Å². The lowest BCUT2D eigenvalue weighted by molar-refractivity contribution is -0.137. The number of anilines is 1. The zero-order valence-electron chi connectivity index (χ0n) is 10.7. The Bertz CT molecular complexity index is 494. The van der Waals surface area contributed by atoms with Crippen LogP contribution < -0.4 is 11.1 Å². The van der Waals surface area contributed by atoms with E-state index >= 15 is 0 Å². The number of nitrogens with two attached hydrogens (primary N) is 1. The molecule has 0 unspecified atom stereocenters. The van der Waals surface area contributed by atoms with E-state index in [2.05, 4.69) is 5.32 Å². The predicted octanol–water partition coefficient (Wildman–Crippen LogP) is 0.984. The molecule has 19 heavy (non-hydrogen) atoms. The number of nitrogens with one attached hydrogen (secondary N) is 1. The molecule has 1 aromatic carbocycles. The lowest BCUT2D eigenvalue weighted by Gasteiger charge is -2.22. The molecular weight excluding hydrogens is 246 g/mol. The van der Waals surface area contributed by atoms with Gasteiger partial charge >= 0.3 is 12.0 Å². The number of carbonyl (C=O) groups excluding carboxylic acids is 1. The van der Waals surface area contributed by atoms with Crippen LogP contribution in [0.1, 0.15) is 18.4 Å². The molecule has 6 heteroatoms. The summed E-state index contributed by atoms with van der Waals surface area (Å²) >= 11 is 0. The summed E-state index contributed by atoms with van der Waals surface area (Å²) < 4.78 is 0. The molecule has 0 spiro atoms. The third-order valence-corrected chi connectivity index (χ3v) is 3.28. The van der Waals surface area contributed by atoms with Crippen LogP contribution in [0.25, 0.3) is 0 Å². The quantitative estimate of drug-likeness (QED) is 0.706. The molecule has 6 nitrogen and oxygen atoms in total. The summed E-state index contributed by atoms with van der Waals surface area (Å²) in [6.45, 7) is -0.316. The second-order valence-electron chi connectivity index (χ2n) is 4.88. The maximum absolute atomic E-state index is 11.9. The Kier molecular flexibility index (Phi) is 3.33. The first-order valence-corrected chi connectivity index (χ1v) is 6.04. The van der Waals surface area contributed by atoms with Crippen LogP contribution in [0.2, 0.25) is 0 Å². The van der Waals surface area contributed by atoms with Gasteiger partial charge in [-0.15, -0.1) is 0 Å². The van der Waals surface area contributed by atoms with Crippen LogP contribution in [0.4, 0.5) is 10.5 Å². The number of nitrogens with zero attached hydrogens (tertiary/aromatic N) is 1. The number of amides is 2. The largest absolute Gasteiger partial charge is 0.480 e. The first kappa shape index (κ1) is 13.2. The first-order chi connectivity index (χ1) is 8.93. The molecule has 2 rings (SSSR count). The van der Waals surface area contributed by atoms with Crippen molar-refractivity contribution in [2.75, 3.05) is 19.3 Å². The van der Waals surface area contributed by atoms with Crippen molar-refractivity contribution in [1.29, 1.82) is 0 Å². The number of rotatable bonds is 4. The second-order valence-corrected chi connectivity index (χ2v) is 4.88. The molecule has 102 valence electrons. The van der Waals surface area contributed by atoms with Crippen molar-refractivity contribution in [1.82, 2.24) is 10.2 Å². The van der Waals surface area contributed by atoms with E-state index in [0.717, 1.165) is 23.3 Å². The summed E-state index contributed by atoms with van der Waals surface area (Å²) in [4.78, 5) is 23.6. The van der Waals surface area contributed by atoms with Crippen LogP contribution >= 0.6 is 0 Å². The summed E-state index contributed by atoms with van der Waals surface area (Å²) in [5.41, 5.74) is 6.94. The standard InChI is InChI=1S/C13H17N3O3/c1-16(8-11(17)18)12(19)15-13(6-7-13)9-2-4-10(14)5-3-9/h2-5H,6-8,14H2,1H3,(H,15,19)(H,17,18). The first-order valence-electron chi connectivity index (χ1n) is 6.04. The van der Waals surface area contributed by atoms with Gasteiger partial charge in [0.15, 0.2) is 0 Å². The fraction of sp³-hybridized carbons (Fsp3) is 0.385. The van der Waals surface area contributed by atoms with E-state index in [0.29, 0.717) is 5.69 Å². The number of carbonyl (C=O) groups is 2. The van der Waals surface area contributed by atoms with Crippen molar-refractivity contribution < 1.29 is 14.7 Å². The van der Waals surface area contributed by atoms with Crippen LogP contribution in [0.15, 0.2) is 24.3 Å². The number of benzene rings is 1. The molecule has 1 aliphatic rings. The van der Waals surface area contributed by atoms with Gasteiger partial charge in [-0.05, 0) is 30.5 Å². The molecule has 2 amide bonds. The molecule has 0 radical (unpaired) electrons. The minimum Gasteiger partial charge on any atom is -0.480 e. The summed E-state index contributed by atoms with van der Waals surface area (Å²) in [6, 6.07) is 6.99. The number of carboxylic acid groups (broad SMARTS) is 1. The third-order valence-electron chi connectivity index (χ3n) is 3.28. The molecule has 0 aromatic heterocycles. The number of aliphatic carboxylic acids is 1. The van der Waals surface area contributed by atoms with Gasteiger partial charge < -0.3 is 21.1 Å². The summed E-state index contributed by atoms with van der Waals surface area (Å²) in [5, 5.41) is 11.5. The van der Waals surface area contributed by atoms with Gasteiger partial charge in [0.2, 0.25) is 0 Å². The smallest absolute Gasteiger partial charge is 0.323 e. The fourth-order valence-corrected chi connectivity index (χ4v) is 1.99.